The second-order valence-corrected chi connectivity index (χ2v) is 6.31. The number of aliphatic hydroxyl groups is 1. The Morgan fingerprint density at radius 2 is 1.92 bits per heavy atom. The molecule has 1 aromatic carbocycles. The average molecular weight is 336 g/mol. The Hall–Kier alpha value is -2.05. The van der Waals surface area contributed by atoms with Crippen LogP contribution in [0.25, 0.3) is 6.08 Å². The van der Waals surface area contributed by atoms with Gasteiger partial charge in [0, 0.05) is 12.1 Å². The van der Waals surface area contributed by atoms with Gasteiger partial charge in [-0.15, -0.1) is 0 Å². The maximum absolute atomic E-state index is 9.75. The van der Waals surface area contributed by atoms with Crippen molar-refractivity contribution in [2.24, 2.45) is 5.16 Å². The number of allylic oxidation sites excluding steroid dienone is 1. The number of β-amino-alcohol motifs (C(OH)–C–C–N with tert-alkyl or cyclic N) is 1. The van der Waals surface area contributed by atoms with Crippen molar-refractivity contribution >= 4 is 12.3 Å². The van der Waals surface area contributed by atoms with Gasteiger partial charge in [-0.05, 0) is 44.5 Å². The number of aliphatic hydroxyl groups excluding tert-OH is 1. The van der Waals surface area contributed by atoms with Crippen molar-refractivity contribution in [1.29, 1.82) is 0 Å². The zero-order valence-electron chi connectivity index (χ0n) is 15.1. The molecule has 0 aliphatic carbocycles. The van der Waals surface area contributed by atoms with Crippen molar-refractivity contribution in [3.63, 3.8) is 0 Å². The van der Waals surface area contributed by atoms with Crippen LogP contribution in [0.5, 0.6) is 11.5 Å². The van der Waals surface area contributed by atoms with Gasteiger partial charge in [0.25, 0.3) is 0 Å². The smallest absolute Gasteiger partial charge is 0.161 e. The second-order valence-electron chi connectivity index (χ2n) is 6.31. The van der Waals surface area contributed by atoms with E-state index in [0.717, 1.165) is 5.56 Å². The molecule has 2 N–H and O–H groups in total. The Kier molecular flexibility index (Phi) is 8.29. The summed E-state index contributed by atoms with van der Waals surface area (Å²) in [6.45, 7) is 6.72. The first-order valence-corrected chi connectivity index (χ1v) is 7.83. The van der Waals surface area contributed by atoms with Gasteiger partial charge in [-0.25, -0.2) is 0 Å². The third-order valence-corrected chi connectivity index (χ3v) is 3.05. The molecule has 134 valence electrons. The predicted molar refractivity (Wildman–Crippen MR) is 96.8 cm³/mol. The van der Waals surface area contributed by atoms with E-state index in [9.17, 15) is 5.11 Å². The van der Waals surface area contributed by atoms with Crippen molar-refractivity contribution in [1.82, 2.24) is 5.32 Å². The summed E-state index contributed by atoms with van der Waals surface area (Å²) in [5, 5.41) is 16.7. The first kappa shape index (κ1) is 20.0. The van der Waals surface area contributed by atoms with Crippen LogP contribution in [-0.2, 0) is 4.84 Å². The van der Waals surface area contributed by atoms with E-state index in [1.807, 2.05) is 45.0 Å². The van der Waals surface area contributed by atoms with Gasteiger partial charge in [-0.1, -0.05) is 17.3 Å². The topological polar surface area (TPSA) is 72.3 Å². The van der Waals surface area contributed by atoms with Crippen LogP contribution in [0, 0.1) is 0 Å². The molecule has 6 nitrogen and oxygen atoms in total. The molecule has 0 saturated carbocycles. The standard InChI is InChI=1S/C18H28N2O4/c1-18(2,3)19-12-15(21)13-24-20-10-6-7-14-8-9-16(22-4)17(11-14)23-5/h6-11,15,19,21H,12-13H2,1-5H3. The first-order chi connectivity index (χ1) is 11.4. The minimum atomic E-state index is -0.601. The summed E-state index contributed by atoms with van der Waals surface area (Å²) < 4.78 is 10.4. The van der Waals surface area contributed by atoms with Crippen LogP contribution in [0.2, 0.25) is 0 Å². The van der Waals surface area contributed by atoms with Crippen molar-refractivity contribution in [2.45, 2.75) is 32.4 Å². The molecule has 1 atom stereocenters. The number of hydrogen-bond acceptors (Lipinski definition) is 6. The molecule has 0 radical (unpaired) electrons. The summed E-state index contributed by atoms with van der Waals surface area (Å²) in [6.07, 6.45) is 4.55. The molecule has 0 bridgehead atoms. The third-order valence-electron chi connectivity index (χ3n) is 3.05. The molecule has 1 aromatic rings. The number of ether oxygens (including phenoxy) is 2. The molecule has 6 heteroatoms. The predicted octanol–water partition coefficient (Wildman–Crippen LogP) is 2.47. The molecule has 0 aromatic heterocycles. The summed E-state index contributed by atoms with van der Waals surface area (Å²) >= 11 is 0. The molecule has 0 aliphatic rings. The third kappa shape index (κ3) is 7.99. The highest BCUT2D eigenvalue weighted by molar-refractivity contribution is 5.78. The molecule has 1 rings (SSSR count). The van der Waals surface area contributed by atoms with E-state index in [1.54, 1.807) is 20.3 Å². The van der Waals surface area contributed by atoms with Crippen molar-refractivity contribution in [3.05, 3.63) is 29.8 Å². The Morgan fingerprint density at radius 3 is 2.54 bits per heavy atom. The number of methoxy groups -OCH3 is 2. The monoisotopic (exact) mass is 336 g/mol. The van der Waals surface area contributed by atoms with Crippen LogP contribution in [0.15, 0.2) is 29.4 Å². The van der Waals surface area contributed by atoms with Crippen LogP contribution in [0.3, 0.4) is 0 Å². The quantitative estimate of drug-likeness (QED) is 0.535. The number of benzene rings is 1. The Balaban J connectivity index is 2.38. The van der Waals surface area contributed by atoms with Crippen molar-refractivity contribution in [2.75, 3.05) is 27.4 Å². The normalized spacial score (nSPS) is 13.4. The molecule has 0 saturated heterocycles. The zero-order valence-corrected chi connectivity index (χ0v) is 15.1. The van der Waals surface area contributed by atoms with Gasteiger partial charge in [0.15, 0.2) is 11.5 Å². The summed E-state index contributed by atoms with van der Waals surface area (Å²) in [5.74, 6) is 1.35. The average Bonchev–Trinajstić information content (AvgIpc) is 2.55. The van der Waals surface area contributed by atoms with Gasteiger partial charge in [0.1, 0.15) is 12.7 Å². The van der Waals surface area contributed by atoms with Gasteiger partial charge in [-0.3, -0.25) is 0 Å². The lowest BCUT2D eigenvalue weighted by Crippen LogP contribution is -2.42. The number of hydrogen-bond donors (Lipinski definition) is 2. The summed E-state index contributed by atoms with van der Waals surface area (Å²) in [7, 11) is 3.20. The summed E-state index contributed by atoms with van der Waals surface area (Å²) in [6, 6.07) is 5.62. The van der Waals surface area contributed by atoms with E-state index in [-0.39, 0.29) is 12.1 Å². The molecule has 0 aliphatic heterocycles. The van der Waals surface area contributed by atoms with E-state index < -0.39 is 6.10 Å². The minimum Gasteiger partial charge on any atom is -0.493 e. The van der Waals surface area contributed by atoms with E-state index in [0.29, 0.717) is 18.0 Å². The number of oxime groups is 1. The maximum Gasteiger partial charge on any atom is 0.161 e. The second kappa shape index (κ2) is 9.95. The van der Waals surface area contributed by atoms with E-state index >= 15 is 0 Å². The van der Waals surface area contributed by atoms with Crippen LogP contribution in [-0.4, -0.2) is 50.3 Å². The van der Waals surface area contributed by atoms with Gasteiger partial charge in [-0.2, -0.15) is 0 Å². The Bertz CT molecular complexity index is 550. The Labute approximate surface area is 144 Å². The highest BCUT2D eigenvalue weighted by atomic mass is 16.6. The van der Waals surface area contributed by atoms with E-state index in [1.165, 1.54) is 6.21 Å². The molecule has 0 heterocycles. The van der Waals surface area contributed by atoms with Crippen molar-refractivity contribution < 1.29 is 19.4 Å². The Morgan fingerprint density at radius 1 is 1.21 bits per heavy atom. The SMILES string of the molecule is COc1ccc(C=CC=NOCC(O)CNC(C)(C)C)cc1OC. The van der Waals surface area contributed by atoms with E-state index in [2.05, 4.69) is 10.5 Å². The molecular formula is C18H28N2O4. The highest BCUT2D eigenvalue weighted by Crippen LogP contribution is 2.27. The van der Waals surface area contributed by atoms with Crippen LogP contribution >= 0.6 is 0 Å². The lowest BCUT2D eigenvalue weighted by Gasteiger charge is -2.22. The van der Waals surface area contributed by atoms with Gasteiger partial charge in [0.2, 0.25) is 0 Å². The number of rotatable bonds is 9. The fourth-order valence-corrected chi connectivity index (χ4v) is 1.80. The van der Waals surface area contributed by atoms with Crippen molar-refractivity contribution in [3.8, 4) is 11.5 Å². The largest absolute Gasteiger partial charge is 0.493 e. The lowest BCUT2D eigenvalue weighted by molar-refractivity contribution is 0.0380. The summed E-state index contributed by atoms with van der Waals surface area (Å²) in [5.41, 5.74) is 0.917. The molecule has 0 spiro atoms. The summed E-state index contributed by atoms with van der Waals surface area (Å²) in [4.78, 5) is 5.06. The van der Waals surface area contributed by atoms with Crippen LogP contribution in [0.1, 0.15) is 26.3 Å². The fraction of sp³-hybridized carbons (Fsp3) is 0.500. The zero-order chi connectivity index (χ0) is 18.0. The highest BCUT2D eigenvalue weighted by Gasteiger charge is 2.12. The van der Waals surface area contributed by atoms with Gasteiger partial charge < -0.3 is 24.7 Å². The molecular weight excluding hydrogens is 308 g/mol. The van der Waals surface area contributed by atoms with Crippen LogP contribution < -0.4 is 14.8 Å². The van der Waals surface area contributed by atoms with Gasteiger partial charge >= 0.3 is 0 Å². The van der Waals surface area contributed by atoms with E-state index in [4.69, 9.17) is 14.3 Å². The first-order valence-electron chi connectivity index (χ1n) is 7.83. The number of nitrogens with zero attached hydrogens (tertiary/aromatic N) is 1. The van der Waals surface area contributed by atoms with Gasteiger partial charge in [0.05, 0.1) is 20.4 Å². The van der Waals surface area contributed by atoms with Crippen LogP contribution in [0.4, 0.5) is 0 Å². The molecule has 24 heavy (non-hydrogen) atoms. The maximum atomic E-state index is 9.75. The number of nitrogens with one attached hydrogen (secondary N) is 1. The minimum absolute atomic E-state index is 0.0353. The molecule has 0 amide bonds. The molecule has 0 fully saturated rings. The lowest BCUT2D eigenvalue weighted by atomic mass is 10.1. The molecule has 1 unspecified atom stereocenters. The fourth-order valence-electron chi connectivity index (χ4n) is 1.80.